The van der Waals surface area contributed by atoms with E-state index < -0.39 is 14.2 Å². The van der Waals surface area contributed by atoms with Crippen LogP contribution in [-0.4, -0.2) is 27.4 Å². The molecule has 0 bridgehead atoms. The molecule has 21 heavy (non-hydrogen) atoms. The van der Waals surface area contributed by atoms with E-state index in [1.54, 1.807) is 0 Å². The molecule has 0 saturated carbocycles. The Kier molecular flexibility index (Phi) is 5.73. The maximum atomic E-state index is 6.08. The van der Waals surface area contributed by atoms with Crippen LogP contribution in [0.1, 0.15) is 20.8 Å². The molecule has 0 saturated heterocycles. The molecule has 0 N–H and O–H groups in total. The van der Waals surface area contributed by atoms with Crippen molar-refractivity contribution in [1.82, 2.24) is 0 Å². The van der Waals surface area contributed by atoms with Crippen molar-refractivity contribution in [1.29, 1.82) is 0 Å². The second-order valence-corrected chi connectivity index (χ2v) is 8.38. The smallest absolute Gasteiger partial charge is 0.171 e. The molecule has 2 nitrogen and oxygen atoms in total. The number of ether oxygens (including phenoxy) is 2. The van der Waals surface area contributed by atoms with Crippen molar-refractivity contribution in [3.8, 4) is 0 Å². The molecule has 0 amide bonds. The lowest BCUT2D eigenvalue weighted by Gasteiger charge is -2.36. The van der Waals surface area contributed by atoms with E-state index in [0.717, 1.165) is 0 Å². The molecule has 0 aliphatic carbocycles. The Hall–Kier alpha value is -1.42. The van der Waals surface area contributed by atoms with E-state index >= 15 is 0 Å². The fourth-order valence-electron chi connectivity index (χ4n) is 2.87. The van der Waals surface area contributed by atoms with E-state index in [-0.39, 0.29) is 0 Å². The highest BCUT2D eigenvalue weighted by atomic mass is 28.3. The molecule has 0 fully saturated rings. The van der Waals surface area contributed by atoms with Gasteiger partial charge in [-0.05, 0) is 20.8 Å². The number of hydrogen-bond acceptors (Lipinski definition) is 2. The van der Waals surface area contributed by atoms with Crippen LogP contribution in [0.5, 0.6) is 0 Å². The standard InChI is InChI=1S/C18H24O2Si/c1-4-19-18(3,20-5-2)21(16-12-8-6-9-13-16)17-14-10-7-11-15-17/h6-15,21H,4-5H2,1-3H3. The molecule has 2 rings (SSSR count). The molecule has 3 heteroatoms. The minimum absolute atomic E-state index is 0.536. The third-order valence-electron chi connectivity index (χ3n) is 3.65. The number of rotatable bonds is 7. The largest absolute Gasteiger partial charge is 0.354 e. The molecule has 0 atom stereocenters. The molecule has 0 aromatic heterocycles. The first-order valence-electron chi connectivity index (χ1n) is 7.59. The van der Waals surface area contributed by atoms with Crippen molar-refractivity contribution >= 4 is 19.2 Å². The van der Waals surface area contributed by atoms with Gasteiger partial charge in [-0.1, -0.05) is 71.0 Å². The maximum absolute atomic E-state index is 6.08. The normalized spacial score (nSPS) is 11.8. The highest BCUT2D eigenvalue weighted by Crippen LogP contribution is 2.17. The lowest BCUT2D eigenvalue weighted by atomic mass is 10.4. The third kappa shape index (κ3) is 3.82. The zero-order chi connectivity index (χ0) is 15.1. The monoisotopic (exact) mass is 300 g/mol. The van der Waals surface area contributed by atoms with Crippen molar-refractivity contribution in [2.45, 2.75) is 26.2 Å². The Morgan fingerprint density at radius 1 is 0.762 bits per heavy atom. The van der Waals surface area contributed by atoms with Crippen molar-refractivity contribution in [2.24, 2.45) is 0 Å². The second kappa shape index (κ2) is 7.55. The molecule has 0 radical (unpaired) electrons. The zero-order valence-electron chi connectivity index (χ0n) is 13.1. The van der Waals surface area contributed by atoms with Crippen molar-refractivity contribution < 1.29 is 9.47 Å². The van der Waals surface area contributed by atoms with Gasteiger partial charge in [0.1, 0.15) is 0 Å². The summed E-state index contributed by atoms with van der Waals surface area (Å²) in [6.45, 7) is 7.45. The van der Waals surface area contributed by atoms with E-state index in [1.165, 1.54) is 10.4 Å². The molecule has 0 aliphatic heterocycles. The van der Waals surface area contributed by atoms with Gasteiger partial charge in [0.05, 0.1) is 0 Å². The van der Waals surface area contributed by atoms with Crippen LogP contribution in [-0.2, 0) is 9.47 Å². The molecule has 2 aromatic rings. The summed E-state index contributed by atoms with van der Waals surface area (Å²) >= 11 is 0. The van der Waals surface area contributed by atoms with Gasteiger partial charge in [-0.2, -0.15) is 0 Å². The quantitative estimate of drug-likeness (QED) is 0.577. The molecule has 2 aromatic carbocycles. The van der Waals surface area contributed by atoms with E-state index in [2.05, 4.69) is 67.6 Å². The van der Waals surface area contributed by atoms with Gasteiger partial charge in [0.25, 0.3) is 0 Å². The molecule has 112 valence electrons. The Labute approximate surface area is 129 Å². The van der Waals surface area contributed by atoms with Crippen LogP contribution in [0.15, 0.2) is 60.7 Å². The molecule has 0 aliphatic rings. The van der Waals surface area contributed by atoms with Gasteiger partial charge in [0.2, 0.25) is 0 Å². The van der Waals surface area contributed by atoms with Crippen LogP contribution in [0.4, 0.5) is 0 Å². The average molecular weight is 300 g/mol. The fourth-order valence-corrected chi connectivity index (χ4v) is 6.35. The molecule has 0 unspecified atom stereocenters. The van der Waals surface area contributed by atoms with Gasteiger partial charge < -0.3 is 9.47 Å². The highest BCUT2D eigenvalue weighted by Gasteiger charge is 2.39. The van der Waals surface area contributed by atoms with Crippen molar-refractivity contribution in [2.75, 3.05) is 13.2 Å². The van der Waals surface area contributed by atoms with Crippen LogP contribution in [0.3, 0.4) is 0 Å². The predicted octanol–water partition coefficient (Wildman–Crippen LogP) is 2.36. The molecule has 0 heterocycles. The van der Waals surface area contributed by atoms with Crippen LogP contribution in [0.2, 0.25) is 0 Å². The summed E-state index contributed by atoms with van der Waals surface area (Å²) in [6.07, 6.45) is 0. The Bertz CT molecular complexity index is 482. The van der Waals surface area contributed by atoms with Gasteiger partial charge in [-0.3, -0.25) is 0 Å². The van der Waals surface area contributed by atoms with Crippen LogP contribution in [0.25, 0.3) is 0 Å². The van der Waals surface area contributed by atoms with Gasteiger partial charge >= 0.3 is 0 Å². The summed E-state index contributed by atoms with van der Waals surface area (Å²) in [7, 11) is -1.66. The molecular formula is C18H24O2Si. The van der Waals surface area contributed by atoms with Gasteiger partial charge in [0, 0.05) is 13.2 Å². The van der Waals surface area contributed by atoms with Crippen molar-refractivity contribution in [3.05, 3.63) is 60.7 Å². The van der Waals surface area contributed by atoms with E-state index in [4.69, 9.17) is 9.47 Å². The van der Waals surface area contributed by atoms with Crippen LogP contribution in [0, 0.1) is 0 Å². The topological polar surface area (TPSA) is 18.5 Å². The van der Waals surface area contributed by atoms with E-state index in [1.807, 2.05) is 13.8 Å². The van der Waals surface area contributed by atoms with Crippen molar-refractivity contribution in [3.63, 3.8) is 0 Å². The number of hydrogen-bond donors (Lipinski definition) is 0. The Morgan fingerprint density at radius 3 is 1.48 bits per heavy atom. The summed E-state index contributed by atoms with van der Waals surface area (Å²) in [5.74, 6) is 0. The van der Waals surface area contributed by atoms with Gasteiger partial charge in [0.15, 0.2) is 14.2 Å². The predicted molar refractivity (Wildman–Crippen MR) is 91.0 cm³/mol. The summed E-state index contributed by atoms with van der Waals surface area (Å²) < 4.78 is 12.2. The number of benzene rings is 2. The first kappa shape index (κ1) is 16.0. The lowest BCUT2D eigenvalue weighted by molar-refractivity contribution is -0.163. The SMILES string of the molecule is CCOC(C)(OCC)[SiH](c1ccccc1)c1ccccc1. The first-order valence-corrected chi connectivity index (χ1v) is 9.32. The molecule has 0 spiro atoms. The minimum atomic E-state index is -1.66. The summed E-state index contributed by atoms with van der Waals surface area (Å²) in [4.78, 5) is 0. The summed E-state index contributed by atoms with van der Waals surface area (Å²) in [5, 5.41) is 2.68. The van der Waals surface area contributed by atoms with E-state index in [0.29, 0.717) is 13.2 Å². The lowest BCUT2D eigenvalue weighted by Crippen LogP contribution is -2.61. The van der Waals surface area contributed by atoms with Crippen LogP contribution >= 0.6 is 0 Å². The highest BCUT2D eigenvalue weighted by molar-refractivity contribution is 6.87. The van der Waals surface area contributed by atoms with Gasteiger partial charge in [-0.25, -0.2) is 0 Å². The maximum Gasteiger partial charge on any atom is 0.171 e. The van der Waals surface area contributed by atoms with E-state index in [9.17, 15) is 0 Å². The fraction of sp³-hybridized carbons (Fsp3) is 0.333. The zero-order valence-corrected chi connectivity index (χ0v) is 14.2. The second-order valence-electron chi connectivity index (χ2n) is 5.14. The summed E-state index contributed by atoms with van der Waals surface area (Å²) in [5.41, 5.74) is -0.536. The minimum Gasteiger partial charge on any atom is -0.354 e. The first-order chi connectivity index (χ1) is 10.2. The van der Waals surface area contributed by atoms with Crippen LogP contribution < -0.4 is 10.4 Å². The third-order valence-corrected chi connectivity index (χ3v) is 7.14. The Balaban J connectivity index is 2.49. The Morgan fingerprint density at radius 2 is 1.14 bits per heavy atom. The summed E-state index contributed by atoms with van der Waals surface area (Å²) in [6, 6.07) is 21.3. The molecular weight excluding hydrogens is 276 g/mol. The van der Waals surface area contributed by atoms with Gasteiger partial charge in [-0.15, -0.1) is 0 Å². The average Bonchev–Trinajstić information content (AvgIpc) is 2.50.